The molecule has 0 aromatic heterocycles. The molecule has 23 heavy (non-hydrogen) atoms. The monoisotopic (exact) mass is 317 g/mol. The summed E-state index contributed by atoms with van der Waals surface area (Å²) in [6.07, 6.45) is 3.53. The number of carbonyl (C=O) groups excluding carboxylic acids is 2. The molecule has 1 aromatic carbocycles. The number of amides is 2. The van der Waals surface area contributed by atoms with Gasteiger partial charge in [-0.3, -0.25) is 9.59 Å². The summed E-state index contributed by atoms with van der Waals surface area (Å²) >= 11 is 0. The second-order valence-electron chi connectivity index (χ2n) is 6.42. The molecular weight excluding hydrogens is 290 g/mol. The molecule has 0 saturated carbocycles. The zero-order valence-electron chi connectivity index (χ0n) is 14.0. The van der Waals surface area contributed by atoms with Crippen LogP contribution in [0.25, 0.3) is 0 Å². The van der Waals surface area contributed by atoms with E-state index in [1.165, 1.54) is 0 Å². The fourth-order valence-electron chi connectivity index (χ4n) is 2.63. The molecule has 1 fully saturated rings. The Balaban J connectivity index is 1.82. The van der Waals surface area contributed by atoms with E-state index >= 15 is 0 Å². The van der Waals surface area contributed by atoms with Crippen LogP contribution in [0.15, 0.2) is 24.3 Å². The molecule has 1 aromatic rings. The summed E-state index contributed by atoms with van der Waals surface area (Å²) in [6.45, 7) is 5.45. The highest BCUT2D eigenvalue weighted by Gasteiger charge is 2.18. The van der Waals surface area contributed by atoms with E-state index in [0.717, 1.165) is 43.6 Å². The van der Waals surface area contributed by atoms with Crippen molar-refractivity contribution in [3.63, 3.8) is 0 Å². The van der Waals surface area contributed by atoms with Gasteiger partial charge in [-0.25, -0.2) is 0 Å². The van der Waals surface area contributed by atoms with E-state index in [-0.39, 0.29) is 23.8 Å². The minimum atomic E-state index is -0.229. The number of aryl methyl sites for hydroxylation is 1. The van der Waals surface area contributed by atoms with Crippen LogP contribution in [-0.2, 0) is 16.0 Å². The fraction of sp³-hybridized carbons (Fsp3) is 0.556. The van der Waals surface area contributed by atoms with Crippen LogP contribution in [0.4, 0.5) is 5.69 Å². The van der Waals surface area contributed by atoms with E-state index < -0.39 is 0 Å². The lowest BCUT2D eigenvalue weighted by atomic mass is 10.0. The molecular formula is C18H27N3O2. The van der Waals surface area contributed by atoms with Gasteiger partial charge in [-0.05, 0) is 43.9 Å². The predicted molar refractivity (Wildman–Crippen MR) is 92.0 cm³/mol. The molecule has 5 nitrogen and oxygen atoms in total. The van der Waals surface area contributed by atoms with E-state index in [1.807, 2.05) is 43.0 Å². The second-order valence-corrected chi connectivity index (χ2v) is 6.42. The van der Waals surface area contributed by atoms with Crippen molar-refractivity contribution in [3.05, 3.63) is 29.8 Å². The molecule has 5 heteroatoms. The van der Waals surface area contributed by atoms with E-state index in [2.05, 4.69) is 5.32 Å². The Bertz CT molecular complexity index is 534. The summed E-state index contributed by atoms with van der Waals surface area (Å²) in [5, 5.41) is 2.87. The molecule has 0 spiro atoms. The van der Waals surface area contributed by atoms with E-state index in [1.54, 1.807) is 0 Å². The van der Waals surface area contributed by atoms with Gasteiger partial charge >= 0.3 is 0 Å². The van der Waals surface area contributed by atoms with Gasteiger partial charge in [0.1, 0.15) is 0 Å². The Morgan fingerprint density at radius 2 is 1.78 bits per heavy atom. The van der Waals surface area contributed by atoms with Crippen LogP contribution in [0.5, 0.6) is 0 Å². The minimum Gasteiger partial charge on any atom is -0.343 e. The Labute approximate surface area is 138 Å². The maximum atomic E-state index is 12.0. The van der Waals surface area contributed by atoms with Gasteiger partial charge in [0, 0.05) is 31.2 Å². The standard InChI is InChI=1S/C18H27N3O2/c1-13(14(2)19)18(23)20-16-8-5-15(6-9-16)7-10-17(22)21-11-3-4-12-21/h5-6,8-9,13-14H,3-4,7,10-12,19H2,1-2H3,(H,20,23). The summed E-state index contributed by atoms with van der Waals surface area (Å²) < 4.78 is 0. The van der Waals surface area contributed by atoms with Crippen molar-refractivity contribution in [2.24, 2.45) is 11.7 Å². The number of nitrogens with two attached hydrogens (primary N) is 1. The van der Waals surface area contributed by atoms with Gasteiger partial charge in [0.25, 0.3) is 0 Å². The number of likely N-dealkylation sites (tertiary alicyclic amines) is 1. The van der Waals surface area contributed by atoms with Gasteiger partial charge < -0.3 is 16.0 Å². The maximum absolute atomic E-state index is 12.0. The molecule has 1 heterocycles. The number of nitrogens with one attached hydrogen (secondary N) is 1. The maximum Gasteiger partial charge on any atom is 0.228 e. The van der Waals surface area contributed by atoms with Gasteiger partial charge in [0.2, 0.25) is 11.8 Å². The quantitative estimate of drug-likeness (QED) is 0.844. The zero-order chi connectivity index (χ0) is 16.8. The molecule has 3 N–H and O–H groups in total. The molecule has 0 aliphatic carbocycles. The smallest absolute Gasteiger partial charge is 0.228 e. The SMILES string of the molecule is CC(N)C(C)C(=O)Nc1ccc(CCC(=O)N2CCCC2)cc1. The molecule has 1 saturated heterocycles. The normalized spacial score (nSPS) is 16.9. The lowest BCUT2D eigenvalue weighted by Crippen LogP contribution is -2.34. The summed E-state index contributed by atoms with van der Waals surface area (Å²) in [6, 6.07) is 7.50. The van der Waals surface area contributed by atoms with Crippen LogP contribution < -0.4 is 11.1 Å². The van der Waals surface area contributed by atoms with Gasteiger partial charge in [-0.2, -0.15) is 0 Å². The Kier molecular flexibility index (Phi) is 6.16. The van der Waals surface area contributed by atoms with Crippen LogP contribution >= 0.6 is 0 Å². The second kappa shape index (κ2) is 8.11. The van der Waals surface area contributed by atoms with Crippen LogP contribution in [0, 0.1) is 5.92 Å². The lowest BCUT2D eigenvalue weighted by molar-refractivity contribution is -0.130. The minimum absolute atomic E-state index is 0.0723. The highest BCUT2D eigenvalue weighted by Crippen LogP contribution is 2.15. The van der Waals surface area contributed by atoms with Crippen LogP contribution in [0.2, 0.25) is 0 Å². The van der Waals surface area contributed by atoms with Gasteiger partial charge in [0.15, 0.2) is 0 Å². The first-order chi connectivity index (χ1) is 11.0. The average molecular weight is 317 g/mol. The van der Waals surface area contributed by atoms with E-state index in [4.69, 9.17) is 5.73 Å². The van der Waals surface area contributed by atoms with Crippen molar-refractivity contribution in [2.75, 3.05) is 18.4 Å². The number of carbonyl (C=O) groups is 2. The molecule has 0 radical (unpaired) electrons. The summed E-state index contributed by atoms with van der Waals surface area (Å²) in [5.74, 6) is -0.0599. The van der Waals surface area contributed by atoms with Gasteiger partial charge in [-0.1, -0.05) is 19.1 Å². The number of anilines is 1. The molecule has 126 valence electrons. The molecule has 2 unspecified atom stereocenters. The lowest BCUT2D eigenvalue weighted by Gasteiger charge is -2.16. The highest BCUT2D eigenvalue weighted by molar-refractivity contribution is 5.92. The number of hydrogen-bond acceptors (Lipinski definition) is 3. The van der Waals surface area contributed by atoms with Crippen LogP contribution in [0.3, 0.4) is 0 Å². The topological polar surface area (TPSA) is 75.4 Å². The largest absolute Gasteiger partial charge is 0.343 e. The Hall–Kier alpha value is -1.88. The molecule has 0 bridgehead atoms. The van der Waals surface area contributed by atoms with Crippen molar-refractivity contribution >= 4 is 17.5 Å². The molecule has 2 rings (SSSR count). The summed E-state index contributed by atoms with van der Waals surface area (Å²) in [5.41, 5.74) is 7.61. The number of rotatable bonds is 6. The van der Waals surface area contributed by atoms with E-state index in [9.17, 15) is 9.59 Å². The fourth-order valence-corrected chi connectivity index (χ4v) is 2.63. The molecule has 1 aliphatic heterocycles. The van der Waals surface area contributed by atoms with Crippen molar-refractivity contribution in [1.82, 2.24) is 4.90 Å². The number of hydrogen-bond donors (Lipinski definition) is 2. The third-order valence-corrected chi connectivity index (χ3v) is 4.51. The Morgan fingerprint density at radius 1 is 1.17 bits per heavy atom. The summed E-state index contributed by atoms with van der Waals surface area (Å²) in [4.78, 5) is 25.9. The number of benzene rings is 1. The van der Waals surface area contributed by atoms with Crippen molar-refractivity contribution in [2.45, 2.75) is 45.6 Å². The summed E-state index contributed by atoms with van der Waals surface area (Å²) in [7, 11) is 0. The first-order valence-corrected chi connectivity index (χ1v) is 8.40. The third kappa shape index (κ3) is 5.06. The molecule has 2 amide bonds. The van der Waals surface area contributed by atoms with Crippen molar-refractivity contribution in [3.8, 4) is 0 Å². The number of nitrogens with zero attached hydrogens (tertiary/aromatic N) is 1. The van der Waals surface area contributed by atoms with Crippen molar-refractivity contribution in [1.29, 1.82) is 0 Å². The third-order valence-electron chi connectivity index (χ3n) is 4.51. The zero-order valence-corrected chi connectivity index (χ0v) is 14.0. The molecule has 1 aliphatic rings. The average Bonchev–Trinajstić information content (AvgIpc) is 3.07. The van der Waals surface area contributed by atoms with Crippen LogP contribution in [-0.4, -0.2) is 35.8 Å². The van der Waals surface area contributed by atoms with Crippen LogP contribution in [0.1, 0.15) is 38.7 Å². The highest BCUT2D eigenvalue weighted by atomic mass is 16.2. The van der Waals surface area contributed by atoms with Gasteiger partial charge in [-0.15, -0.1) is 0 Å². The first kappa shape index (κ1) is 17.5. The van der Waals surface area contributed by atoms with Crippen molar-refractivity contribution < 1.29 is 9.59 Å². The predicted octanol–water partition coefficient (Wildman–Crippen LogP) is 2.16. The van der Waals surface area contributed by atoms with Gasteiger partial charge in [0.05, 0.1) is 5.92 Å². The molecule has 2 atom stereocenters. The Morgan fingerprint density at radius 3 is 2.35 bits per heavy atom. The van der Waals surface area contributed by atoms with E-state index in [0.29, 0.717) is 6.42 Å². The first-order valence-electron chi connectivity index (χ1n) is 8.40.